The average Bonchev–Trinajstić information content (AvgIpc) is 2.62. The number of rotatable bonds is 4. The number of nitrogens with one attached hydrogen (secondary N) is 1. The zero-order valence-corrected chi connectivity index (χ0v) is 14.3. The van der Waals surface area contributed by atoms with Crippen LogP contribution < -0.4 is 10.2 Å². The number of amides is 1. The molecule has 5 heteroatoms. The van der Waals surface area contributed by atoms with Crippen molar-refractivity contribution < 1.29 is 4.79 Å². The summed E-state index contributed by atoms with van der Waals surface area (Å²) in [5, 5.41) is 2.94. The first-order valence-corrected chi connectivity index (χ1v) is 8.36. The molecule has 0 bridgehead atoms. The molecule has 5 nitrogen and oxygen atoms in total. The second-order valence-electron chi connectivity index (χ2n) is 6.34. The van der Waals surface area contributed by atoms with Gasteiger partial charge >= 0.3 is 0 Å². The summed E-state index contributed by atoms with van der Waals surface area (Å²) in [6.45, 7) is 6.49. The molecule has 1 aromatic heterocycles. The van der Waals surface area contributed by atoms with E-state index in [0.717, 1.165) is 37.6 Å². The van der Waals surface area contributed by atoms with Crippen LogP contribution >= 0.6 is 0 Å². The Kier molecular flexibility index (Phi) is 5.11. The number of piperazine rings is 1. The summed E-state index contributed by atoms with van der Waals surface area (Å²) in [4.78, 5) is 21.4. The molecule has 24 heavy (non-hydrogen) atoms. The number of benzene rings is 1. The Morgan fingerprint density at radius 2 is 1.79 bits per heavy atom. The number of hydrogen-bond acceptors (Lipinski definition) is 4. The van der Waals surface area contributed by atoms with Crippen LogP contribution in [0, 0.1) is 6.92 Å². The summed E-state index contributed by atoms with van der Waals surface area (Å²) in [5.74, 6) is 0.748. The monoisotopic (exact) mass is 324 g/mol. The number of carbonyl (C=O) groups is 1. The van der Waals surface area contributed by atoms with Crippen LogP contribution in [0.2, 0.25) is 0 Å². The van der Waals surface area contributed by atoms with Gasteiger partial charge in [0, 0.05) is 32.7 Å². The van der Waals surface area contributed by atoms with Gasteiger partial charge in [-0.15, -0.1) is 0 Å². The molecular weight excluding hydrogens is 300 g/mol. The van der Waals surface area contributed by atoms with Gasteiger partial charge in [-0.05, 0) is 31.7 Å². The van der Waals surface area contributed by atoms with Gasteiger partial charge in [-0.3, -0.25) is 4.79 Å². The number of likely N-dealkylation sites (N-methyl/N-ethyl adjacent to an activating group) is 1. The maximum atomic E-state index is 12.4. The lowest BCUT2D eigenvalue weighted by atomic mass is 10.1. The molecule has 1 N–H and O–H groups in total. The Hall–Kier alpha value is -2.40. The van der Waals surface area contributed by atoms with Crippen molar-refractivity contribution in [1.29, 1.82) is 0 Å². The van der Waals surface area contributed by atoms with E-state index in [2.05, 4.69) is 34.1 Å². The highest BCUT2D eigenvalue weighted by molar-refractivity contribution is 5.92. The number of aromatic nitrogens is 1. The van der Waals surface area contributed by atoms with E-state index < -0.39 is 0 Å². The average molecular weight is 324 g/mol. The molecule has 0 saturated carbocycles. The van der Waals surface area contributed by atoms with E-state index >= 15 is 0 Å². The van der Waals surface area contributed by atoms with Crippen molar-refractivity contribution in [2.45, 2.75) is 13.5 Å². The number of anilines is 1. The summed E-state index contributed by atoms with van der Waals surface area (Å²) in [6.07, 6.45) is 0. The maximum Gasteiger partial charge on any atom is 0.270 e. The molecule has 126 valence electrons. The van der Waals surface area contributed by atoms with E-state index in [1.165, 1.54) is 5.56 Å². The molecule has 1 aliphatic rings. The molecule has 1 saturated heterocycles. The summed E-state index contributed by atoms with van der Waals surface area (Å²) in [7, 11) is 2.12. The van der Waals surface area contributed by atoms with Crippen molar-refractivity contribution in [3.05, 3.63) is 59.3 Å². The molecule has 0 atom stereocenters. The van der Waals surface area contributed by atoms with Gasteiger partial charge in [0.25, 0.3) is 5.91 Å². The topological polar surface area (TPSA) is 48.5 Å². The van der Waals surface area contributed by atoms with Crippen LogP contribution in [0.4, 0.5) is 5.82 Å². The number of hydrogen-bond donors (Lipinski definition) is 1. The molecule has 1 aromatic carbocycles. The van der Waals surface area contributed by atoms with Gasteiger partial charge in [0.1, 0.15) is 11.5 Å². The standard InChI is InChI=1S/C19H24N4O/c1-15-6-8-16(9-7-15)14-20-19(24)17-4-3-5-18(21-17)23-12-10-22(2)11-13-23/h3-9H,10-14H2,1-2H3,(H,20,24). The quantitative estimate of drug-likeness (QED) is 0.935. The van der Waals surface area contributed by atoms with Crippen LogP contribution in [0.1, 0.15) is 21.6 Å². The largest absolute Gasteiger partial charge is 0.354 e. The van der Waals surface area contributed by atoms with E-state index in [9.17, 15) is 4.79 Å². The highest BCUT2D eigenvalue weighted by Crippen LogP contribution is 2.14. The zero-order chi connectivity index (χ0) is 16.9. The molecular formula is C19H24N4O. The second kappa shape index (κ2) is 7.45. The maximum absolute atomic E-state index is 12.4. The van der Waals surface area contributed by atoms with Crippen molar-refractivity contribution in [2.75, 3.05) is 38.1 Å². The number of nitrogens with zero attached hydrogens (tertiary/aromatic N) is 3. The van der Waals surface area contributed by atoms with E-state index in [-0.39, 0.29) is 5.91 Å². The van der Waals surface area contributed by atoms with Crippen molar-refractivity contribution >= 4 is 11.7 Å². The smallest absolute Gasteiger partial charge is 0.270 e. The molecule has 3 rings (SSSR count). The zero-order valence-electron chi connectivity index (χ0n) is 14.3. The minimum Gasteiger partial charge on any atom is -0.354 e. The molecule has 1 aliphatic heterocycles. The Morgan fingerprint density at radius 3 is 2.50 bits per heavy atom. The molecule has 1 amide bonds. The van der Waals surface area contributed by atoms with E-state index in [1.807, 2.05) is 36.4 Å². The first-order valence-electron chi connectivity index (χ1n) is 8.36. The Labute approximate surface area is 143 Å². The molecule has 2 aromatic rings. The molecule has 2 heterocycles. The highest BCUT2D eigenvalue weighted by atomic mass is 16.1. The number of carbonyl (C=O) groups excluding carboxylic acids is 1. The lowest BCUT2D eigenvalue weighted by Gasteiger charge is -2.33. The normalized spacial score (nSPS) is 15.3. The third-order valence-electron chi connectivity index (χ3n) is 4.37. The first-order chi connectivity index (χ1) is 11.6. The van der Waals surface area contributed by atoms with E-state index in [4.69, 9.17) is 0 Å². The highest BCUT2D eigenvalue weighted by Gasteiger charge is 2.16. The summed E-state index contributed by atoms with van der Waals surface area (Å²) < 4.78 is 0. The number of aryl methyl sites for hydroxylation is 1. The van der Waals surface area contributed by atoms with Crippen LogP contribution in [-0.4, -0.2) is 49.0 Å². The van der Waals surface area contributed by atoms with Crippen LogP contribution in [0.25, 0.3) is 0 Å². The van der Waals surface area contributed by atoms with Crippen molar-refractivity contribution in [2.24, 2.45) is 0 Å². The second-order valence-corrected chi connectivity index (χ2v) is 6.34. The first kappa shape index (κ1) is 16.5. The van der Waals surface area contributed by atoms with Crippen molar-refractivity contribution in [3.63, 3.8) is 0 Å². The van der Waals surface area contributed by atoms with Gasteiger partial charge in [-0.25, -0.2) is 4.98 Å². The predicted octanol–water partition coefficient (Wildman–Crippen LogP) is 2.07. The minimum absolute atomic E-state index is 0.133. The van der Waals surface area contributed by atoms with Gasteiger partial charge in [0.05, 0.1) is 0 Å². The molecule has 1 fully saturated rings. The van der Waals surface area contributed by atoms with Gasteiger partial charge in [-0.1, -0.05) is 35.9 Å². The Bertz CT molecular complexity index is 691. The summed E-state index contributed by atoms with van der Waals surface area (Å²) in [6, 6.07) is 13.8. The lowest BCUT2D eigenvalue weighted by molar-refractivity contribution is 0.0946. The fraction of sp³-hybridized carbons (Fsp3) is 0.368. The Morgan fingerprint density at radius 1 is 1.08 bits per heavy atom. The SMILES string of the molecule is Cc1ccc(CNC(=O)c2cccc(N3CCN(C)CC3)n2)cc1. The third kappa shape index (κ3) is 4.11. The Balaban J connectivity index is 1.62. The molecule has 0 radical (unpaired) electrons. The van der Waals surface area contributed by atoms with Crippen LogP contribution in [0.3, 0.4) is 0 Å². The fourth-order valence-corrected chi connectivity index (χ4v) is 2.74. The van der Waals surface area contributed by atoms with Crippen LogP contribution in [0.15, 0.2) is 42.5 Å². The van der Waals surface area contributed by atoms with Gasteiger partial charge < -0.3 is 15.1 Å². The van der Waals surface area contributed by atoms with E-state index in [0.29, 0.717) is 12.2 Å². The molecule has 0 unspecified atom stereocenters. The van der Waals surface area contributed by atoms with Gasteiger partial charge in [-0.2, -0.15) is 0 Å². The third-order valence-corrected chi connectivity index (χ3v) is 4.37. The minimum atomic E-state index is -0.133. The summed E-state index contributed by atoms with van der Waals surface area (Å²) in [5.41, 5.74) is 2.77. The van der Waals surface area contributed by atoms with Crippen molar-refractivity contribution in [1.82, 2.24) is 15.2 Å². The van der Waals surface area contributed by atoms with Gasteiger partial charge in [0.15, 0.2) is 0 Å². The number of pyridine rings is 1. The fourth-order valence-electron chi connectivity index (χ4n) is 2.74. The van der Waals surface area contributed by atoms with Crippen LogP contribution in [0.5, 0.6) is 0 Å². The lowest BCUT2D eigenvalue weighted by Crippen LogP contribution is -2.45. The predicted molar refractivity (Wildman–Crippen MR) is 96.3 cm³/mol. The van der Waals surface area contributed by atoms with Crippen molar-refractivity contribution in [3.8, 4) is 0 Å². The van der Waals surface area contributed by atoms with E-state index in [1.54, 1.807) is 6.07 Å². The molecule has 0 spiro atoms. The molecule has 0 aliphatic carbocycles. The van der Waals surface area contributed by atoms with Gasteiger partial charge in [0.2, 0.25) is 0 Å². The van der Waals surface area contributed by atoms with Crippen LogP contribution in [-0.2, 0) is 6.54 Å². The summed E-state index contributed by atoms with van der Waals surface area (Å²) >= 11 is 0.